The van der Waals surface area contributed by atoms with Gasteiger partial charge in [0.1, 0.15) is 23.2 Å². The molecule has 1 amide bonds. The fourth-order valence-corrected chi connectivity index (χ4v) is 2.30. The highest BCUT2D eigenvalue weighted by atomic mass is 19.1. The molecule has 0 radical (unpaired) electrons. The van der Waals surface area contributed by atoms with E-state index in [2.05, 4.69) is 0 Å². The van der Waals surface area contributed by atoms with E-state index in [1.165, 1.54) is 19.2 Å². The number of amides is 1. The third-order valence-electron chi connectivity index (χ3n) is 3.23. The minimum atomic E-state index is -1.23. The molecule has 0 saturated carbocycles. The van der Waals surface area contributed by atoms with E-state index in [9.17, 15) is 19.1 Å². The van der Waals surface area contributed by atoms with Gasteiger partial charge in [0.25, 0.3) is 5.91 Å². The molecule has 0 aromatic heterocycles. The predicted molar refractivity (Wildman–Crippen MR) is 66.0 cm³/mol. The number of β-amino-alcohol motifs (C(OH)–C–C–N with tert-alkyl or cyclic N) is 1. The Hall–Kier alpha value is -2.15. The molecule has 1 aliphatic heterocycles. The zero-order valence-electron chi connectivity index (χ0n) is 10.7. The van der Waals surface area contributed by atoms with E-state index < -0.39 is 29.8 Å². The molecular formula is C13H14FNO5. The number of hydrogen-bond acceptors (Lipinski definition) is 4. The van der Waals surface area contributed by atoms with Crippen LogP contribution in [0, 0.1) is 5.82 Å². The summed E-state index contributed by atoms with van der Waals surface area (Å²) in [5.41, 5.74) is -0.324. The van der Waals surface area contributed by atoms with Crippen LogP contribution in [0.3, 0.4) is 0 Å². The Morgan fingerprint density at radius 2 is 2.15 bits per heavy atom. The van der Waals surface area contributed by atoms with Crippen LogP contribution in [0.1, 0.15) is 16.8 Å². The molecule has 0 aliphatic carbocycles. The van der Waals surface area contributed by atoms with Gasteiger partial charge in [0, 0.05) is 13.0 Å². The number of hydrogen-bond donors (Lipinski definition) is 2. The van der Waals surface area contributed by atoms with Crippen LogP contribution in [0.15, 0.2) is 18.2 Å². The summed E-state index contributed by atoms with van der Waals surface area (Å²) < 4.78 is 18.8. The van der Waals surface area contributed by atoms with Crippen molar-refractivity contribution in [3.05, 3.63) is 29.6 Å². The van der Waals surface area contributed by atoms with Gasteiger partial charge in [0.05, 0.1) is 13.2 Å². The minimum absolute atomic E-state index is 0.0283. The van der Waals surface area contributed by atoms with Crippen molar-refractivity contribution >= 4 is 11.9 Å². The second-order valence-corrected chi connectivity index (χ2v) is 4.52. The number of carbonyl (C=O) groups is 2. The zero-order valence-corrected chi connectivity index (χ0v) is 10.7. The average molecular weight is 283 g/mol. The molecule has 1 heterocycles. The molecule has 108 valence electrons. The van der Waals surface area contributed by atoms with E-state index in [0.717, 1.165) is 11.0 Å². The maximum Gasteiger partial charge on any atom is 0.326 e. The number of aliphatic hydroxyl groups is 1. The summed E-state index contributed by atoms with van der Waals surface area (Å²) in [7, 11) is 1.29. The Labute approximate surface area is 114 Å². The molecule has 6 nitrogen and oxygen atoms in total. The van der Waals surface area contributed by atoms with Gasteiger partial charge in [0.15, 0.2) is 0 Å². The lowest BCUT2D eigenvalue weighted by Crippen LogP contribution is -2.41. The molecule has 1 aromatic carbocycles. The van der Waals surface area contributed by atoms with Crippen molar-refractivity contribution in [1.82, 2.24) is 4.90 Å². The van der Waals surface area contributed by atoms with Gasteiger partial charge in [-0.05, 0) is 12.1 Å². The largest absolute Gasteiger partial charge is 0.496 e. The third kappa shape index (κ3) is 2.44. The Bertz CT molecular complexity index is 548. The van der Waals surface area contributed by atoms with Gasteiger partial charge in [0.2, 0.25) is 0 Å². The van der Waals surface area contributed by atoms with Gasteiger partial charge < -0.3 is 19.8 Å². The summed E-state index contributed by atoms with van der Waals surface area (Å²) in [6.07, 6.45) is -1.00. The number of carboxylic acids is 1. The van der Waals surface area contributed by atoms with Crippen LogP contribution in [0.4, 0.5) is 4.39 Å². The summed E-state index contributed by atoms with van der Waals surface area (Å²) in [5, 5.41) is 18.6. The summed E-state index contributed by atoms with van der Waals surface area (Å²) in [6, 6.07) is 2.73. The van der Waals surface area contributed by atoms with Gasteiger partial charge in [-0.3, -0.25) is 4.79 Å². The molecule has 0 spiro atoms. The molecule has 0 unspecified atom stereocenters. The maximum absolute atomic E-state index is 13.8. The Kier molecular flexibility index (Phi) is 3.89. The fraction of sp³-hybridized carbons (Fsp3) is 0.385. The van der Waals surface area contributed by atoms with Gasteiger partial charge >= 0.3 is 5.97 Å². The predicted octanol–water partition coefficient (Wildman–Crippen LogP) is 0.494. The van der Waals surface area contributed by atoms with Gasteiger partial charge in [-0.2, -0.15) is 0 Å². The van der Waals surface area contributed by atoms with Crippen LogP contribution >= 0.6 is 0 Å². The van der Waals surface area contributed by atoms with Gasteiger partial charge in [-0.25, -0.2) is 9.18 Å². The van der Waals surface area contributed by atoms with Crippen LogP contribution in [0.2, 0.25) is 0 Å². The van der Waals surface area contributed by atoms with E-state index in [0.29, 0.717) is 0 Å². The Morgan fingerprint density at radius 3 is 2.75 bits per heavy atom. The molecular weight excluding hydrogens is 269 g/mol. The first kappa shape index (κ1) is 14.3. The summed E-state index contributed by atoms with van der Waals surface area (Å²) >= 11 is 0. The first-order valence-corrected chi connectivity index (χ1v) is 6.00. The summed E-state index contributed by atoms with van der Waals surface area (Å²) in [5.74, 6) is -2.80. The molecule has 20 heavy (non-hydrogen) atoms. The van der Waals surface area contributed by atoms with Crippen molar-refractivity contribution in [2.24, 2.45) is 0 Å². The number of aliphatic carboxylic acids is 1. The number of methoxy groups -OCH3 is 1. The first-order chi connectivity index (χ1) is 9.45. The first-order valence-electron chi connectivity index (χ1n) is 6.00. The second kappa shape index (κ2) is 5.46. The topological polar surface area (TPSA) is 87.1 Å². The number of rotatable bonds is 3. The van der Waals surface area contributed by atoms with Crippen LogP contribution in [-0.2, 0) is 4.79 Å². The molecule has 1 fully saturated rings. The lowest BCUT2D eigenvalue weighted by atomic mass is 10.1. The number of carboxylic acid groups (broad SMARTS) is 1. The van der Waals surface area contributed by atoms with E-state index in [1.54, 1.807) is 0 Å². The Morgan fingerprint density at radius 1 is 1.45 bits per heavy atom. The number of nitrogens with zero attached hydrogens (tertiary/aromatic N) is 1. The fourth-order valence-electron chi connectivity index (χ4n) is 2.30. The molecule has 2 rings (SSSR count). The highest BCUT2D eigenvalue weighted by Gasteiger charge is 2.40. The van der Waals surface area contributed by atoms with Crippen LogP contribution < -0.4 is 4.74 Å². The molecule has 1 saturated heterocycles. The lowest BCUT2D eigenvalue weighted by Gasteiger charge is -2.22. The van der Waals surface area contributed by atoms with Gasteiger partial charge in [-0.15, -0.1) is 0 Å². The van der Waals surface area contributed by atoms with Crippen LogP contribution in [0.25, 0.3) is 0 Å². The number of ether oxygens (including phenoxy) is 1. The average Bonchev–Trinajstić information content (AvgIpc) is 2.80. The molecule has 2 atom stereocenters. The monoisotopic (exact) mass is 283 g/mol. The van der Waals surface area contributed by atoms with Crippen molar-refractivity contribution in [3.8, 4) is 5.75 Å². The third-order valence-corrected chi connectivity index (χ3v) is 3.23. The molecule has 1 aliphatic rings. The SMILES string of the molecule is COc1cccc(F)c1C(=O)N1C[C@@H](O)C[C@H]1C(=O)O. The molecule has 7 heteroatoms. The molecule has 0 bridgehead atoms. The number of halogens is 1. The van der Waals surface area contributed by atoms with Gasteiger partial charge in [-0.1, -0.05) is 6.07 Å². The number of likely N-dealkylation sites (tertiary alicyclic amines) is 1. The lowest BCUT2D eigenvalue weighted by molar-refractivity contribution is -0.141. The van der Waals surface area contributed by atoms with E-state index in [4.69, 9.17) is 9.84 Å². The van der Waals surface area contributed by atoms with E-state index in [1.807, 2.05) is 0 Å². The van der Waals surface area contributed by atoms with Crippen molar-refractivity contribution in [1.29, 1.82) is 0 Å². The summed E-state index contributed by atoms with van der Waals surface area (Å²) in [6.45, 7) is -0.146. The highest BCUT2D eigenvalue weighted by molar-refractivity contribution is 5.99. The van der Waals surface area contributed by atoms with Crippen LogP contribution in [-0.4, -0.2) is 52.8 Å². The van der Waals surface area contributed by atoms with E-state index >= 15 is 0 Å². The van der Waals surface area contributed by atoms with E-state index in [-0.39, 0.29) is 24.3 Å². The summed E-state index contributed by atoms with van der Waals surface area (Å²) in [4.78, 5) is 24.4. The van der Waals surface area contributed by atoms with Crippen molar-refractivity contribution < 1.29 is 28.9 Å². The second-order valence-electron chi connectivity index (χ2n) is 4.52. The van der Waals surface area contributed by atoms with Crippen molar-refractivity contribution in [3.63, 3.8) is 0 Å². The maximum atomic E-state index is 13.8. The smallest absolute Gasteiger partial charge is 0.326 e. The normalized spacial score (nSPS) is 21.9. The highest BCUT2D eigenvalue weighted by Crippen LogP contribution is 2.27. The number of carbonyl (C=O) groups excluding carboxylic acids is 1. The zero-order chi connectivity index (χ0) is 14.9. The molecule has 1 aromatic rings. The number of aliphatic hydroxyl groups excluding tert-OH is 1. The van der Waals surface area contributed by atoms with Crippen LogP contribution in [0.5, 0.6) is 5.75 Å². The minimum Gasteiger partial charge on any atom is -0.496 e. The molecule has 2 N–H and O–H groups in total. The standard InChI is InChI=1S/C13H14FNO5/c1-20-10-4-2-3-8(14)11(10)12(17)15-6-7(16)5-9(15)13(18)19/h2-4,7,9,16H,5-6H2,1H3,(H,18,19)/t7-,9-/m0/s1. The van der Waals surface area contributed by atoms with Crippen molar-refractivity contribution in [2.75, 3.05) is 13.7 Å². The van der Waals surface area contributed by atoms with Crippen molar-refractivity contribution in [2.45, 2.75) is 18.6 Å². The number of benzene rings is 1. The Balaban J connectivity index is 2.38. The quantitative estimate of drug-likeness (QED) is 0.843.